The summed E-state index contributed by atoms with van der Waals surface area (Å²) in [5, 5.41) is 6.21. The Hall–Kier alpha value is -2.08. The molecule has 6 heteroatoms. The number of benzene rings is 1. The fourth-order valence-electron chi connectivity index (χ4n) is 2.36. The monoisotopic (exact) mass is 319 g/mol. The molecule has 23 heavy (non-hydrogen) atoms. The lowest BCUT2D eigenvalue weighted by molar-refractivity contribution is 0.0196. The van der Waals surface area contributed by atoms with E-state index < -0.39 is 5.60 Å². The van der Waals surface area contributed by atoms with Gasteiger partial charge in [-0.1, -0.05) is 18.2 Å². The van der Waals surface area contributed by atoms with Crippen LogP contribution in [0.3, 0.4) is 0 Å². The summed E-state index contributed by atoms with van der Waals surface area (Å²) in [6, 6.07) is 9.10. The molecule has 1 aliphatic heterocycles. The Kier molecular flexibility index (Phi) is 5.60. The van der Waals surface area contributed by atoms with Gasteiger partial charge in [0.2, 0.25) is 0 Å². The van der Waals surface area contributed by atoms with E-state index in [2.05, 4.69) is 10.6 Å². The van der Waals surface area contributed by atoms with Crippen molar-refractivity contribution in [2.45, 2.75) is 32.4 Å². The Morgan fingerprint density at radius 3 is 2.65 bits per heavy atom. The van der Waals surface area contributed by atoms with Crippen LogP contribution in [0.15, 0.2) is 30.3 Å². The van der Waals surface area contributed by atoms with E-state index >= 15 is 0 Å². The Balaban J connectivity index is 1.82. The van der Waals surface area contributed by atoms with Crippen molar-refractivity contribution in [1.29, 1.82) is 0 Å². The summed E-state index contributed by atoms with van der Waals surface area (Å²) in [6.45, 7) is 7.83. The Bertz CT molecular complexity index is 540. The van der Waals surface area contributed by atoms with Gasteiger partial charge in [0.05, 0.1) is 0 Å². The molecular formula is C17H25N3O3. The zero-order valence-corrected chi connectivity index (χ0v) is 14.0. The summed E-state index contributed by atoms with van der Waals surface area (Å²) in [5.41, 5.74) is 0.131. The van der Waals surface area contributed by atoms with Crippen molar-refractivity contribution < 1.29 is 14.3 Å². The first-order chi connectivity index (χ1) is 10.8. The zero-order valence-electron chi connectivity index (χ0n) is 14.0. The summed E-state index contributed by atoms with van der Waals surface area (Å²) in [5.74, 6) is -0.109. The molecule has 1 fully saturated rings. The van der Waals surface area contributed by atoms with E-state index in [0.29, 0.717) is 31.7 Å². The molecular weight excluding hydrogens is 294 g/mol. The number of amides is 2. The number of hydrogen-bond acceptors (Lipinski definition) is 4. The van der Waals surface area contributed by atoms with E-state index in [1.807, 2.05) is 39.0 Å². The number of nitrogens with zero attached hydrogens (tertiary/aromatic N) is 1. The van der Waals surface area contributed by atoms with Gasteiger partial charge in [0.15, 0.2) is 0 Å². The maximum Gasteiger partial charge on any atom is 0.410 e. The normalized spacial score (nSPS) is 18.4. The van der Waals surface area contributed by atoms with E-state index in [9.17, 15) is 9.59 Å². The summed E-state index contributed by atoms with van der Waals surface area (Å²) < 4.78 is 5.39. The van der Waals surface area contributed by atoms with Crippen LogP contribution in [-0.2, 0) is 4.74 Å². The van der Waals surface area contributed by atoms with E-state index in [-0.39, 0.29) is 18.0 Å². The number of carbonyl (C=O) groups is 2. The molecule has 0 aromatic heterocycles. The second kappa shape index (κ2) is 7.46. The highest BCUT2D eigenvalue weighted by Crippen LogP contribution is 2.11. The smallest absolute Gasteiger partial charge is 0.410 e. The number of nitrogens with one attached hydrogen (secondary N) is 2. The van der Waals surface area contributed by atoms with Crippen molar-refractivity contribution in [3.05, 3.63) is 35.9 Å². The molecule has 0 aliphatic carbocycles. The first-order valence-corrected chi connectivity index (χ1v) is 7.90. The lowest BCUT2D eigenvalue weighted by Crippen LogP contribution is -2.57. The topological polar surface area (TPSA) is 70.7 Å². The summed E-state index contributed by atoms with van der Waals surface area (Å²) in [7, 11) is 0. The molecule has 1 aliphatic rings. The van der Waals surface area contributed by atoms with Gasteiger partial charge in [0.1, 0.15) is 5.60 Å². The standard InChI is InChI=1S/C17H25N3O3/c1-17(2,3)23-16(22)20-10-9-18-14(12-20)11-19-15(21)13-7-5-4-6-8-13/h4-8,14,18H,9-12H2,1-3H3,(H,19,21)/t14-/m1/s1. The Labute approximate surface area is 137 Å². The van der Waals surface area contributed by atoms with E-state index in [4.69, 9.17) is 4.74 Å². The molecule has 2 rings (SSSR count). The summed E-state index contributed by atoms with van der Waals surface area (Å²) in [6.07, 6.45) is -0.307. The molecule has 1 aromatic rings. The minimum absolute atomic E-state index is 0.0175. The molecule has 126 valence electrons. The van der Waals surface area contributed by atoms with Crippen LogP contribution in [-0.4, -0.2) is 54.7 Å². The first kappa shape index (κ1) is 17.3. The largest absolute Gasteiger partial charge is 0.444 e. The maximum atomic E-state index is 12.1. The number of carbonyl (C=O) groups excluding carboxylic acids is 2. The zero-order chi connectivity index (χ0) is 16.9. The molecule has 1 saturated heterocycles. The van der Waals surface area contributed by atoms with Gasteiger partial charge in [-0.2, -0.15) is 0 Å². The highest BCUT2D eigenvalue weighted by atomic mass is 16.6. The van der Waals surface area contributed by atoms with Crippen LogP contribution >= 0.6 is 0 Å². The third kappa shape index (κ3) is 5.56. The van der Waals surface area contributed by atoms with Gasteiger partial charge in [-0.25, -0.2) is 4.79 Å². The van der Waals surface area contributed by atoms with Crippen LogP contribution in [0.25, 0.3) is 0 Å². The first-order valence-electron chi connectivity index (χ1n) is 7.90. The second-order valence-corrected chi connectivity index (χ2v) is 6.65. The molecule has 1 heterocycles. The number of hydrogen-bond donors (Lipinski definition) is 2. The lowest BCUT2D eigenvalue weighted by atomic mass is 10.2. The predicted octanol–water partition coefficient (Wildman–Crippen LogP) is 1.63. The number of ether oxygens (including phenoxy) is 1. The molecule has 6 nitrogen and oxygen atoms in total. The highest BCUT2D eigenvalue weighted by Gasteiger charge is 2.27. The quantitative estimate of drug-likeness (QED) is 0.888. The fourth-order valence-corrected chi connectivity index (χ4v) is 2.36. The van der Waals surface area contributed by atoms with Gasteiger partial charge in [0, 0.05) is 37.8 Å². The van der Waals surface area contributed by atoms with E-state index in [1.54, 1.807) is 17.0 Å². The van der Waals surface area contributed by atoms with Crippen LogP contribution in [0.5, 0.6) is 0 Å². The average Bonchev–Trinajstić information content (AvgIpc) is 2.52. The van der Waals surface area contributed by atoms with Crippen molar-refractivity contribution >= 4 is 12.0 Å². The van der Waals surface area contributed by atoms with Crippen LogP contribution in [0, 0.1) is 0 Å². The van der Waals surface area contributed by atoms with Gasteiger partial charge in [-0.05, 0) is 32.9 Å². The predicted molar refractivity (Wildman–Crippen MR) is 88.4 cm³/mol. The lowest BCUT2D eigenvalue weighted by Gasteiger charge is -2.34. The second-order valence-electron chi connectivity index (χ2n) is 6.65. The summed E-state index contributed by atoms with van der Waals surface area (Å²) in [4.78, 5) is 25.8. The molecule has 0 bridgehead atoms. The third-order valence-corrected chi connectivity index (χ3v) is 3.45. The van der Waals surface area contributed by atoms with Gasteiger partial charge in [-0.3, -0.25) is 4.79 Å². The van der Waals surface area contributed by atoms with Gasteiger partial charge in [-0.15, -0.1) is 0 Å². The maximum absolute atomic E-state index is 12.1. The molecule has 1 atom stereocenters. The molecule has 0 radical (unpaired) electrons. The van der Waals surface area contributed by atoms with Crippen molar-refractivity contribution in [3.63, 3.8) is 0 Å². The van der Waals surface area contributed by atoms with Crippen molar-refractivity contribution in [1.82, 2.24) is 15.5 Å². The molecule has 0 spiro atoms. The van der Waals surface area contributed by atoms with Gasteiger partial charge < -0.3 is 20.3 Å². The van der Waals surface area contributed by atoms with Crippen LogP contribution in [0.2, 0.25) is 0 Å². The molecule has 1 aromatic carbocycles. The van der Waals surface area contributed by atoms with Gasteiger partial charge >= 0.3 is 6.09 Å². The van der Waals surface area contributed by atoms with E-state index in [0.717, 1.165) is 0 Å². The van der Waals surface area contributed by atoms with Crippen LogP contribution in [0.4, 0.5) is 4.79 Å². The molecule has 2 amide bonds. The summed E-state index contributed by atoms with van der Waals surface area (Å²) >= 11 is 0. The van der Waals surface area contributed by atoms with Crippen molar-refractivity contribution in [3.8, 4) is 0 Å². The van der Waals surface area contributed by atoms with Crippen molar-refractivity contribution in [2.75, 3.05) is 26.2 Å². The van der Waals surface area contributed by atoms with Crippen LogP contribution < -0.4 is 10.6 Å². The molecule has 0 saturated carbocycles. The minimum atomic E-state index is -0.501. The number of rotatable bonds is 3. The highest BCUT2D eigenvalue weighted by molar-refractivity contribution is 5.94. The van der Waals surface area contributed by atoms with E-state index in [1.165, 1.54) is 0 Å². The van der Waals surface area contributed by atoms with Crippen LogP contribution in [0.1, 0.15) is 31.1 Å². The fraction of sp³-hybridized carbons (Fsp3) is 0.529. The minimum Gasteiger partial charge on any atom is -0.444 e. The molecule has 2 N–H and O–H groups in total. The number of piperazine rings is 1. The van der Waals surface area contributed by atoms with Crippen molar-refractivity contribution in [2.24, 2.45) is 0 Å². The SMILES string of the molecule is CC(C)(C)OC(=O)N1CCN[C@H](CNC(=O)c2ccccc2)C1. The average molecular weight is 319 g/mol. The Morgan fingerprint density at radius 2 is 2.00 bits per heavy atom. The third-order valence-electron chi connectivity index (χ3n) is 3.45. The molecule has 0 unspecified atom stereocenters. The van der Waals surface area contributed by atoms with Gasteiger partial charge in [0.25, 0.3) is 5.91 Å². The Morgan fingerprint density at radius 1 is 1.30 bits per heavy atom.